The summed E-state index contributed by atoms with van der Waals surface area (Å²) >= 11 is 0. The van der Waals surface area contributed by atoms with Gasteiger partial charge >= 0.3 is 0 Å². The summed E-state index contributed by atoms with van der Waals surface area (Å²) in [6, 6.07) is 10.1. The minimum atomic E-state index is -1.57. The van der Waals surface area contributed by atoms with Crippen LogP contribution in [0.25, 0.3) is 0 Å². The zero-order chi connectivity index (χ0) is 46.0. The van der Waals surface area contributed by atoms with Crippen LogP contribution in [0.5, 0.6) is 0 Å². The molecule has 0 heterocycles. The molecule has 342 valence electrons. The SMILES string of the molecule is C[C@@H](O)[C@H](NC(=O)[C@@H](N)CCCCN)C(=O)N[C@@H](CCCCN)C(=O)NCC(=O)N[C@@H](CO)C(=O)NCC(=O)N[C@@H](Cc1ccccc1)C(=O)N[C@@H](Cc1ccccc1)C(N)=O. The second-order valence-electron chi connectivity index (χ2n) is 14.7. The van der Waals surface area contributed by atoms with Gasteiger partial charge in [0, 0.05) is 12.8 Å². The van der Waals surface area contributed by atoms with Crippen LogP contribution in [-0.4, -0.2) is 133 Å². The van der Waals surface area contributed by atoms with E-state index in [1.54, 1.807) is 60.7 Å². The van der Waals surface area contributed by atoms with E-state index >= 15 is 0 Å². The van der Waals surface area contributed by atoms with Crippen LogP contribution in [0.1, 0.15) is 56.6 Å². The Morgan fingerprint density at radius 1 is 0.565 bits per heavy atom. The largest absolute Gasteiger partial charge is 0.394 e. The predicted molar refractivity (Wildman–Crippen MR) is 228 cm³/mol. The van der Waals surface area contributed by atoms with Crippen LogP contribution in [0.15, 0.2) is 60.7 Å². The highest BCUT2D eigenvalue weighted by Crippen LogP contribution is 2.08. The molecule has 0 aliphatic heterocycles. The number of unbranched alkanes of at least 4 members (excludes halogenated alkanes) is 2. The van der Waals surface area contributed by atoms with Gasteiger partial charge in [0.25, 0.3) is 0 Å². The van der Waals surface area contributed by atoms with Gasteiger partial charge in [0.15, 0.2) is 0 Å². The first-order valence-corrected chi connectivity index (χ1v) is 20.5. The minimum Gasteiger partial charge on any atom is -0.394 e. The molecule has 0 radical (unpaired) electrons. The highest BCUT2D eigenvalue weighted by molar-refractivity contribution is 5.96. The summed E-state index contributed by atoms with van der Waals surface area (Å²) in [5.41, 5.74) is 24.0. The zero-order valence-corrected chi connectivity index (χ0v) is 35.0. The molecule has 17 N–H and O–H groups in total. The van der Waals surface area contributed by atoms with Crippen molar-refractivity contribution >= 4 is 47.3 Å². The van der Waals surface area contributed by atoms with Crippen LogP contribution >= 0.6 is 0 Å². The Labute approximate surface area is 360 Å². The molecule has 0 unspecified atom stereocenters. The molecule has 0 saturated carbocycles. The number of rotatable bonds is 29. The number of aliphatic hydroxyl groups is 2. The molecule has 62 heavy (non-hydrogen) atoms. The Balaban J connectivity index is 2.01. The number of carbonyl (C=O) groups is 8. The summed E-state index contributed by atoms with van der Waals surface area (Å²) in [5, 5.41) is 37.1. The van der Waals surface area contributed by atoms with E-state index in [1.165, 1.54) is 6.92 Å². The van der Waals surface area contributed by atoms with Gasteiger partial charge < -0.3 is 70.4 Å². The van der Waals surface area contributed by atoms with Crippen LogP contribution in [0, 0.1) is 0 Å². The lowest BCUT2D eigenvalue weighted by atomic mass is 10.0. The monoisotopic (exact) mass is 869 g/mol. The maximum atomic E-state index is 13.4. The summed E-state index contributed by atoms with van der Waals surface area (Å²) in [4.78, 5) is 104. The molecule has 8 amide bonds. The number of benzene rings is 2. The average molecular weight is 870 g/mol. The first-order valence-electron chi connectivity index (χ1n) is 20.5. The first kappa shape index (κ1) is 52.1. The van der Waals surface area contributed by atoms with Crippen molar-refractivity contribution < 1.29 is 48.6 Å². The van der Waals surface area contributed by atoms with Gasteiger partial charge in [-0.15, -0.1) is 0 Å². The molecule has 7 atom stereocenters. The lowest BCUT2D eigenvalue weighted by Crippen LogP contribution is -2.59. The molecule has 2 aromatic rings. The molecule has 0 aromatic heterocycles. The topological polar surface area (TPSA) is 365 Å². The van der Waals surface area contributed by atoms with E-state index in [1.807, 2.05) is 0 Å². The number of hydrogen-bond donors (Lipinski definition) is 13. The molecule has 0 spiro atoms. The second kappa shape index (κ2) is 28.5. The van der Waals surface area contributed by atoms with E-state index in [4.69, 9.17) is 22.9 Å². The molecule has 2 aromatic carbocycles. The van der Waals surface area contributed by atoms with Gasteiger partial charge in [-0.3, -0.25) is 38.4 Å². The molecule has 0 fully saturated rings. The van der Waals surface area contributed by atoms with Crippen molar-refractivity contribution in [3.63, 3.8) is 0 Å². The molecule has 21 nitrogen and oxygen atoms in total. The van der Waals surface area contributed by atoms with Gasteiger partial charge in [-0.25, -0.2) is 0 Å². The highest BCUT2D eigenvalue weighted by Gasteiger charge is 2.32. The van der Waals surface area contributed by atoms with Gasteiger partial charge in [0.2, 0.25) is 47.3 Å². The van der Waals surface area contributed by atoms with Gasteiger partial charge in [-0.2, -0.15) is 0 Å². The van der Waals surface area contributed by atoms with Crippen molar-refractivity contribution in [2.45, 2.75) is 101 Å². The van der Waals surface area contributed by atoms with Crippen molar-refractivity contribution in [3.05, 3.63) is 71.8 Å². The van der Waals surface area contributed by atoms with E-state index in [-0.39, 0.29) is 19.3 Å². The number of nitrogens with one attached hydrogen (secondary N) is 7. The Bertz CT molecular complexity index is 1750. The fraction of sp³-hybridized carbons (Fsp3) is 0.512. The van der Waals surface area contributed by atoms with E-state index < -0.39 is 109 Å². The summed E-state index contributed by atoms with van der Waals surface area (Å²) < 4.78 is 0. The maximum Gasteiger partial charge on any atom is 0.245 e. The third kappa shape index (κ3) is 19.6. The van der Waals surface area contributed by atoms with Crippen LogP contribution < -0.4 is 60.2 Å². The van der Waals surface area contributed by atoms with E-state index in [2.05, 4.69) is 37.2 Å². The predicted octanol–water partition coefficient (Wildman–Crippen LogP) is -4.43. The van der Waals surface area contributed by atoms with Gasteiger partial charge in [-0.05, 0) is 63.2 Å². The van der Waals surface area contributed by atoms with Crippen LogP contribution in [0.4, 0.5) is 0 Å². The quantitative estimate of drug-likeness (QED) is 0.0344. The molecule has 2 rings (SSSR count). The summed E-state index contributed by atoms with van der Waals surface area (Å²) in [7, 11) is 0. The number of aliphatic hydroxyl groups excluding tert-OH is 2. The van der Waals surface area contributed by atoms with Crippen molar-refractivity contribution in [1.82, 2.24) is 37.2 Å². The molecule has 21 heteroatoms. The number of carbonyl (C=O) groups excluding carboxylic acids is 8. The normalized spacial score (nSPS) is 14.3. The lowest BCUT2D eigenvalue weighted by molar-refractivity contribution is -0.135. The summed E-state index contributed by atoms with van der Waals surface area (Å²) in [6.45, 7) is -0.295. The van der Waals surface area contributed by atoms with Crippen molar-refractivity contribution in [2.75, 3.05) is 32.8 Å². The third-order valence-electron chi connectivity index (χ3n) is 9.51. The van der Waals surface area contributed by atoms with Crippen molar-refractivity contribution in [3.8, 4) is 0 Å². The highest BCUT2D eigenvalue weighted by atomic mass is 16.3. The fourth-order valence-corrected chi connectivity index (χ4v) is 6.00. The standard InChI is InChI=1S/C41H63N11O10/c1-25(54)35(52-37(58)28(44)16-8-10-18-42)41(62)50-29(17-9-11-19-43)38(59)46-23-34(56)49-32(24-53)39(60)47-22-33(55)48-31(21-27-14-6-3-7-15-27)40(61)51-30(36(45)57)20-26-12-4-2-5-13-26/h2-7,12-15,25,28-32,35,53-54H,8-11,16-24,42-44H2,1H3,(H2,45,57)(H,46,59)(H,47,60)(H,48,55)(H,49,56)(H,50,62)(H,51,61)(H,52,58)/t25-,28+,29+,30+,31+,32+,35+/m1/s1. The zero-order valence-electron chi connectivity index (χ0n) is 35.0. The number of nitrogens with two attached hydrogens (primary N) is 4. The summed E-state index contributed by atoms with van der Waals surface area (Å²) in [6.07, 6.45) is 1.22. The Kier molecular flexibility index (Phi) is 24.0. The van der Waals surface area contributed by atoms with Gasteiger partial charge in [-0.1, -0.05) is 67.1 Å². The Hall–Kier alpha value is -6.00. The lowest BCUT2D eigenvalue weighted by Gasteiger charge is -2.26. The molecule has 0 aliphatic rings. The second-order valence-corrected chi connectivity index (χ2v) is 14.7. The smallest absolute Gasteiger partial charge is 0.245 e. The van der Waals surface area contributed by atoms with Crippen molar-refractivity contribution in [1.29, 1.82) is 0 Å². The maximum absolute atomic E-state index is 13.4. The molecular weight excluding hydrogens is 807 g/mol. The molecular formula is C41H63N11O10. The first-order chi connectivity index (χ1) is 29.6. The van der Waals surface area contributed by atoms with Crippen LogP contribution in [-0.2, 0) is 51.2 Å². The van der Waals surface area contributed by atoms with E-state index in [0.29, 0.717) is 50.8 Å². The van der Waals surface area contributed by atoms with Crippen LogP contribution in [0.3, 0.4) is 0 Å². The average Bonchev–Trinajstić information content (AvgIpc) is 3.25. The molecule has 0 bridgehead atoms. The Morgan fingerprint density at radius 2 is 1.03 bits per heavy atom. The Morgan fingerprint density at radius 3 is 1.52 bits per heavy atom. The van der Waals surface area contributed by atoms with Crippen LogP contribution in [0.2, 0.25) is 0 Å². The fourth-order valence-electron chi connectivity index (χ4n) is 6.00. The number of primary amides is 1. The number of amides is 8. The molecule has 0 saturated heterocycles. The number of hydrogen-bond acceptors (Lipinski definition) is 13. The van der Waals surface area contributed by atoms with Crippen molar-refractivity contribution in [2.24, 2.45) is 22.9 Å². The van der Waals surface area contributed by atoms with E-state index in [9.17, 15) is 48.6 Å². The minimum absolute atomic E-state index is 0.0180. The van der Waals surface area contributed by atoms with E-state index in [0.717, 1.165) is 5.56 Å². The van der Waals surface area contributed by atoms with Gasteiger partial charge in [0.1, 0.15) is 30.2 Å². The third-order valence-corrected chi connectivity index (χ3v) is 9.51. The summed E-state index contributed by atoms with van der Waals surface area (Å²) in [5.74, 6) is -6.57. The van der Waals surface area contributed by atoms with Gasteiger partial charge in [0.05, 0.1) is 31.8 Å². The molecule has 0 aliphatic carbocycles.